The van der Waals surface area contributed by atoms with Crippen LogP contribution in [0.3, 0.4) is 0 Å². The minimum absolute atomic E-state index is 0. The molecule has 4 rings (SSSR count). The van der Waals surface area contributed by atoms with Crippen LogP contribution in [0.15, 0.2) is 0 Å². The summed E-state index contributed by atoms with van der Waals surface area (Å²) in [6, 6.07) is 0. The molecule has 2 aliphatic carbocycles. The highest BCUT2D eigenvalue weighted by Gasteiger charge is 2.37. The van der Waals surface area contributed by atoms with Crippen LogP contribution in [0.4, 0.5) is 0 Å². The number of quaternary nitrogens is 2. The molecule has 2 saturated heterocycles. The average molecular weight is 616 g/mol. The molecule has 0 unspecified atom stereocenters. The van der Waals surface area contributed by atoms with Crippen LogP contribution in [0.25, 0.3) is 0 Å². The summed E-state index contributed by atoms with van der Waals surface area (Å²) in [5.41, 5.74) is 0. The number of nitrogens with zero attached hydrogens (tertiary/aromatic N) is 2. The lowest BCUT2D eigenvalue weighted by Gasteiger charge is -2.38. The molecule has 166 valence electrons. The van der Waals surface area contributed by atoms with Crippen molar-refractivity contribution in [1.82, 2.24) is 0 Å². The van der Waals surface area contributed by atoms with Crippen molar-refractivity contribution >= 4 is 0 Å². The van der Waals surface area contributed by atoms with E-state index in [0.29, 0.717) is 0 Å². The van der Waals surface area contributed by atoms with Crippen molar-refractivity contribution in [2.45, 2.75) is 89.9 Å². The zero-order valence-electron chi connectivity index (χ0n) is 18.4. The molecule has 2 aliphatic heterocycles. The Bertz CT molecular complexity index is 378. The van der Waals surface area contributed by atoms with Crippen molar-refractivity contribution in [2.24, 2.45) is 11.8 Å². The van der Waals surface area contributed by atoms with Gasteiger partial charge in [-0.25, -0.2) is 0 Å². The van der Waals surface area contributed by atoms with Gasteiger partial charge >= 0.3 is 0 Å². The first-order chi connectivity index (χ1) is 12.8. The first-order valence-corrected chi connectivity index (χ1v) is 12.5. The Morgan fingerprint density at radius 3 is 1.11 bits per heavy atom. The standard InChI is InChI=1S/C24H46N2.2HI/c1-2-12-23(11-1)21-25(15-5-6-16-25)19-9-10-20-26(17-7-8-18-26)22-24-13-3-4-14-24;;/h23-24H,1-22H2;2*1H/q+2;;/p-2. The Balaban J connectivity index is 0.00000140. The van der Waals surface area contributed by atoms with Gasteiger partial charge in [-0.2, -0.15) is 0 Å². The van der Waals surface area contributed by atoms with Gasteiger partial charge in [-0.05, 0) is 25.7 Å². The molecule has 0 N–H and O–H groups in total. The van der Waals surface area contributed by atoms with E-state index in [-0.39, 0.29) is 48.0 Å². The fourth-order valence-corrected chi connectivity index (χ4v) is 7.38. The number of hydrogen-bond donors (Lipinski definition) is 0. The van der Waals surface area contributed by atoms with E-state index in [1.807, 2.05) is 0 Å². The van der Waals surface area contributed by atoms with Crippen molar-refractivity contribution in [3.63, 3.8) is 0 Å². The van der Waals surface area contributed by atoms with Crippen molar-refractivity contribution in [2.75, 3.05) is 52.4 Å². The van der Waals surface area contributed by atoms with Gasteiger partial charge in [0.05, 0.1) is 52.4 Å². The van der Waals surface area contributed by atoms with Gasteiger partial charge in [0.1, 0.15) is 0 Å². The van der Waals surface area contributed by atoms with E-state index >= 15 is 0 Å². The molecule has 2 heterocycles. The molecule has 0 aromatic rings. The normalized spacial score (nSPS) is 27.0. The Hall–Kier alpha value is 1.38. The maximum Gasteiger partial charge on any atom is 0.0815 e. The molecule has 28 heavy (non-hydrogen) atoms. The summed E-state index contributed by atoms with van der Waals surface area (Å²) in [7, 11) is 0. The predicted octanol–water partition coefficient (Wildman–Crippen LogP) is -0.624. The van der Waals surface area contributed by atoms with Gasteiger partial charge in [0, 0.05) is 50.4 Å². The minimum atomic E-state index is 0. The van der Waals surface area contributed by atoms with Crippen LogP contribution in [-0.2, 0) is 0 Å². The van der Waals surface area contributed by atoms with Gasteiger partial charge in [-0.15, -0.1) is 0 Å². The molecule has 0 atom stereocenters. The summed E-state index contributed by atoms with van der Waals surface area (Å²) in [5.74, 6) is 2.15. The molecular formula is C24H46I2N2. The molecule has 4 heteroatoms. The molecule has 0 aromatic heterocycles. The van der Waals surface area contributed by atoms with E-state index in [2.05, 4.69) is 0 Å². The maximum absolute atomic E-state index is 1.54. The summed E-state index contributed by atoms with van der Waals surface area (Å²) in [6.07, 6.45) is 21.3. The van der Waals surface area contributed by atoms with Gasteiger partial charge < -0.3 is 56.9 Å². The quantitative estimate of drug-likeness (QED) is 0.184. The molecule has 0 spiro atoms. The topological polar surface area (TPSA) is 0 Å². The molecule has 4 aliphatic rings. The number of rotatable bonds is 9. The van der Waals surface area contributed by atoms with Gasteiger partial charge in [0.2, 0.25) is 0 Å². The fourth-order valence-electron chi connectivity index (χ4n) is 7.38. The molecule has 2 saturated carbocycles. The molecule has 2 nitrogen and oxygen atoms in total. The zero-order valence-corrected chi connectivity index (χ0v) is 22.7. The van der Waals surface area contributed by atoms with Gasteiger partial charge in [-0.1, -0.05) is 25.7 Å². The summed E-state index contributed by atoms with van der Waals surface area (Å²) in [4.78, 5) is 0. The highest BCUT2D eigenvalue weighted by Crippen LogP contribution is 2.33. The van der Waals surface area contributed by atoms with Gasteiger partial charge in [0.25, 0.3) is 0 Å². The average Bonchev–Trinajstić information content (AvgIpc) is 3.43. The minimum Gasteiger partial charge on any atom is -1.00 e. The second-order valence-corrected chi connectivity index (χ2v) is 10.8. The first-order valence-electron chi connectivity index (χ1n) is 12.5. The third-order valence-corrected chi connectivity index (χ3v) is 8.79. The van der Waals surface area contributed by atoms with Crippen molar-refractivity contribution in [3.8, 4) is 0 Å². The first kappa shape index (κ1) is 25.6. The lowest BCUT2D eigenvalue weighted by Crippen LogP contribution is -3.00. The highest BCUT2D eigenvalue weighted by molar-refractivity contribution is 4.70. The Morgan fingerprint density at radius 1 is 0.464 bits per heavy atom. The van der Waals surface area contributed by atoms with Gasteiger partial charge in [0.15, 0.2) is 0 Å². The van der Waals surface area contributed by atoms with Crippen LogP contribution >= 0.6 is 0 Å². The number of likely N-dealkylation sites (tertiary alicyclic amines) is 2. The summed E-state index contributed by atoms with van der Waals surface area (Å²) < 4.78 is 3.04. The highest BCUT2D eigenvalue weighted by atomic mass is 127. The summed E-state index contributed by atoms with van der Waals surface area (Å²) in [6.45, 7) is 12.2. The smallest absolute Gasteiger partial charge is 0.0815 e. The SMILES string of the molecule is C1CCC(C[N+]2(CCCC[N+]3(CC4CCCC4)CCCC3)CCCC2)C1.[I-].[I-]. The third-order valence-electron chi connectivity index (χ3n) is 8.79. The zero-order chi connectivity index (χ0) is 17.7. The van der Waals surface area contributed by atoms with Crippen molar-refractivity contribution in [3.05, 3.63) is 0 Å². The van der Waals surface area contributed by atoms with Crippen LogP contribution in [0.5, 0.6) is 0 Å². The van der Waals surface area contributed by atoms with Crippen LogP contribution in [0, 0.1) is 11.8 Å². The summed E-state index contributed by atoms with van der Waals surface area (Å²) >= 11 is 0. The second-order valence-electron chi connectivity index (χ2n) is 10.8. The van der Waals surface area contributed by atoms with E-state index in [1.54, 1.807) is 38.8 Å². The number of hydrogen-bond acceptors (Lipinski definition) is 0. The molecule has 0 radical (unpaired) electrons. The van der Waals surface area contributed by atoms with Gasteiger partial charge in [-0.3, -0.25) is 0 Å². The molecule has 0 aromatic carbocycles. The van der Waals surface area contributed by atoms with Crippen LogP contribution in [-0.4, -0.2) is 61.3 Å². The van der Waals surface area contributed by atoms with Crippen LogP contribution in [0.1, 0.15) is 89.9 Å². The number of unbranched alkanes of at least 4 members (excludes halogenated alkanes) is 1. The Kier molecular flexibility index (Phi) is 11.4. The lowest BCUT2D eigenvalue weighted by molar-refractivity contribution is -0.926. The third kappa shape index (κ3) is 6.94. The van der Waals surface area contributed by atoms with Crippen molar-refractivity contribution in [1.29, 1.82) is 0 Å². The second kappa shape index (κ2) is 12.4. The van der Waals surface area contributed by atoms with E-state index in [9.17, 15) is 0 Å². The summed E-state index contributed by atoms with van der Waals surface area (Å²) in [5, 5.41) is 0. The number of halogens is 2. The predicted molar refractivity (Wildman–Crippen MR) is 111 cm³/mol. The lowest BCUT2D eigenvalue weighted by atomic mass is 10.0. The molecule has 0 amide bonds. The molecule has 0 bridgehead atoms. The monoisotopic (exact) mass is 616 g/mol. The van der Waals surface area contributed by atoms with Crippen molar-refractivity contribution < 1.29 is 56.9 Å². The molecular weight excluding hydrogens is 570 g/mol. The Labute approximate surface area is 209 Å². The van der Waals surface area contributed by atoms with E-state index in [4.69, 9.17) is 0 Å². The maximum atomic E-state index is 1.54. The fraction of sp³-hybridized carbons (Fsp3) is 1.00. The molecule has 4 fully saturated rings. The van der Waals surface area contributed by atoms with Crippen LogP contribution < -0.4 is 48.0 Å². The van der Waals surface area contributed by atoms with E-state index < -0.39 is 0 Å². The Morgan fingerprint density at radius 2 is 0.786 bits per heavy atom. The van der Waals surface area contributed by atoms with E-state index in [0.717, 1.165) is 11.8 Å². The largest absolute Gasteiger partial charge is 1.00 e. The van der Waals surface area contributed by atoms with Crippen LogP contribution in [0.2, 0.25) is 0 Å². The van der Waals surface area contributed by atoms with E-state index in [1.165, 1.54) is 112 Å².